The summed E-state index contributed by atoms with van der Waals surface area (Å²) in [6.45, 7) is 1.15. The summed E-state index contributed by atoms with van der Waals surface area (Å²) >= 11 is 0. The van der Waals surface area contributed by atoms with Crippen LogP contribution in [0.2, 0.25) is 0 Å². The van der Waals surface area contributed by atoms with E-state index in [2.05, 4.69) is 12.1 Å². The number of hydrogen-bond donors (Lipinski definition) is 0. The zero-order chi connectivity index (χ0) is 15.3. The quantitative estimate of drug-likeness (QED) is 0.756. The number of piperidine rings is 1. The van der Waals surface area contributed by atoms with E-state index < -0.39 is 10.0 Å². The van der Waals surface area contributed by atoms with Crippen molar-refractivity contribution in [2.24, 2.45) is 11.8 Å². The van der Waals surface area contributed by atoms with E-state index in [4.69, 9.17) is 0 Å². The Morgan fingerprint density at radius 3 is 2.38 bits per heavy atom. The minimum Gasteiger partial charge on any atom is -0.303 e. The van der Waals surface area contributed by atoms with Gasteiger partial charge in [-0.25, -0.2) is 12.7 Å². The standard InChI is InChI=1S/C16H23NO3S/c1-21(19,20)17-10-7-15(8-11-17)16(9-12-18)13-14-5-3-2-4-6-14/h2-6,12,15-16H,7-11,13H2,1H3. The molecule has 1 atom stereocenters. The molecular weight excluding hydrogens is 286 g/mol. The van der Waals surface area contributed by atoms with Crippen molar-refractivity contribution in [2.45, 2.75) is 25.7 Å². The molecule has 1 heterocycles. The summed E-state index contributed by atoms with van der Waals surface area (Å²) < 4.78 is 24.6. The molecule has 0 aromatic heterocycles. The second kappa shape index (κ2) is 7.18. The van der Waals surface area contributed by atoms with Crippen LogP contribution in [0.25, 0.3) is 0 Å². The zero-order valence-electron chi connectivity index (χ0n) is 12.4. The average Bonchev–Trinajstić information content (AvgIpc) is 2.47. The molecule has 0 N–H and O–H groups in total. The van der Waals surface area contributed by atoms with Gasteiger partial charge < -0.3 is 4.79 Å². The molecule has 1 saturated heterocycles. The SMILES string of the molecule is CS(=O)(=O)N1CCC(C(CC=O)Cc2ccccc2)CC1. The Balaban J connectivity index is 1.98. The van der Waals surface area contributed by atoms with Gasteiger partial charge in [0.1, 0.15) is 6.29 Å². The molecule has 0 radical (unpaired) electrons. The number of carbonyl (C=O) groups is 1. The van der Waals surface area contributed by atoms with Gasteiger partial charge in [-0.15, -0.1) is 0 Å². The highest BCUT2D eigenvalue weighted by molar-refractivity contribution is 7.88. The van der Waals surface area contributed by atoms with Gasteiger partial charge in [0.25, 0.3) is 0 Å². The van der Waals surface area contributed by atoms with Gasteiger partial charge >= 0.3 is 0 Å². The van der Waals surface area contributed by atoms with Crippen molar-refractivity contribution in [2.75, 3.05) is 19.3 Å². The average molecular weight is 309 g/mol. The first-order chi connectivity index (χ1) is 10.0. The van der Waals surface area contributed by atoms with E-state index in [0.29, 0.717) is 31.3 Å². The fourth-order valence-corrected chi connectivity index (χ4v) is 4.04. The van der Waals surface area contributed by atoms with Crippen LogP contribution in [0, 0.1) is 11.8 Å². The molecule has 21 heavy (non-hydrogen) atoms. The number of sulfonamides is 1. The van der Waals surface area contributed by atoms with Crippen molar-refractivity contribution >= 4 is 16.3 Å². The van der Waals surface area contributed by atoms with Crippen LogP contribution in [0.3, 0.4) is 0 Å². The molecule has 1 unspecified atom stereocenters. The van der Waals surface area contributed by atoms with E-state index in [1.165, 1.54) is 11.8 Å². The van der Waals surface area contributed by atoms with E-state index in [-0.39, 0.29) is 0 Å². The Kier molecular flexibility index (Phi) is 5.53. The normalized spacial score (nSPS) is 19.3. The third-order valence-corrected chi connectivity index (χ3v) is 5.68. The van der Waals surface area contributed by atoms with E-state index in [0.717, 1.165) is 25.5 Å². The van der Waals surface area contributed by atoms with Gasteiger partial charge in [-0.05, 0) is 36.7 Å². The van der Waals surface area contributed by atoms with Gasteiger partial charge in [0.05, 0.1) is 6.26 Å². The van der Waals surface area contributed by atoms with Crippen LogP contribution in [0.4, 0.5) is 0 Å². The molecule has 0 aliphatic carbocycles. The number of hydrogen-bond acceptors (Lipinski definition) is 3. The molecule has 0 saturated carbocycles. The molecule has 1 aliphatic rings. The lowest BCUT2D eigenvalue weighted by molar-refractivity contribution is -0.109. The molecule has 2 rings (SSSR count). The van der Waals surface area contributed by atoms with Crippen LogP contribution in [0.15, 0.2) is 30.3 Å². The summed E-state index contributed by atoms with van der Waals surface area (Å²) in [5, 5.41) is 0. The molecule has 0 bridgehead atoms. The molecular formula is C16H23NO3S. The summed E-state index contributed by atoms with van der Waals surface area (Å²) in [7, 11) is -3.08. The predicted molar refractivity (Wildman–Crippen MR) is 83.5 cm³/mol. The second-order valence-corrected chi connectivity index (χ2v) is 7.83. The molecule has 1 fully saturated rings. The first-order valence-electron chi connectivity index (χ1n) is 7.43. The molecule has 1 aromatic carbocycles. The lowest BCUT2D eigenvalue weighted by atomic mass is 9.79. The molecule has 1 aromatic rings. The number of carbonyl (C=O) groups excluding carboxylic acids is 1. The van der Waals surface area contributed by atoms with Crippen molar-refractivity contribution in [1.82, 2.24) is 4.31 Å². The Morgan fingerprint density at radius 2 is 1.86 bits per heavy atom. The van der Waals surface area contributed by atoms with Crippen LogP contribution in [0.1, 0.15) is 24.8 Å². The lowest BCUT2D eigenvalue weighted by Crippen LogP contribution is -2.39. The van der Waals surface area contributed by atoms with Crippen molar-refractivity contribution in [3.8, 4) is 0 Å². The van der Waals surface area contributed by atoms with E-state index in [9.17, 15) is 13.2 Å². The summed E-state index contributed by atoms with van der Waals surface area (Å²) in [4.78, 5) is 11.0. The maximum atomic E-state index is 11.5. The minimum atomic E-state index is -3.08. The van der Waals surface area contributed by atoms with Gasteiger partial charge in [-0.3, -0.25) is 0 Å². The highest BCUT2D eigenvalue weighted by Crippen LogP contribution is 2.30. The Hall–Kier alpha value is -1.20. The fourth-order valence-electron chi connectivity index (χ4n) is 3.16. The van der Waals surface area contributed by atoms with Gasteiger partial charge in [0.2, 0.25) is 10.0 Å². The highest BCUT2D eigenvalue weighted by Gasteiger charge is 2.29. The van der Waals surface area contributed by atoms with Gasteiger partial charge in [-0.1, -0.05) is 30.3 Å². The predicted octanol–water partition coefficient (Wildman–Crippen LogP) is 2.11. The fraction of sp³-hybridized carbons (Fsp3) is 0.562. The molecule has 1 aliphatic heterocycles. The number of nitrogens with zero attached hydrogens (tertiary/aromatic N) is 1. The molecule has 5 heteroatoms. The number of rotatable bonds is 6. The third kappa shape index (κ3) is 4.64. The third-order valence-electron chi connectivity index (χ3n) is 4.37. The largest absolute Gasteiger partial charge is 0.303 e. The van der Waals surface area contributed by atoms with Crippen molar-refractivity contribution in [1.29, 1.82) is 0 Å². The van der Waals surface area contributed by atoms with Crippen molar-refractivity contribution < 1.29 is 13.2 Å². The topological polar surface area (TPSA) is 54.5 Å². The van der Waals surface area contributed by atoms with Crippen molar-refractivity contribution in [3.63, 3.8) is 0 Å². The Bertz CT molecular complexity index is 548. The maximum absolute atomic E-state index is 11.5. The Labute approximate surface area is 127 Å². The lowest BCUT2D eigenvalue weighted by Gasteiger charge is -2.34. The van der Waals surface area contributed by atoms with Crippen LogP contribution in [-0.2, 0) is 21.2 Å². The number of benzene rings is 1. The van der Waals surface area contributed by atoms with E-state index >= 15 is 0 Å². The van der Waals surface area contributed by atoms with Crippen LogP contribution >= 0.6 is 0 Å². The first kappa shape index (κ1) is 16.2. The van der Waals surface area contributed by atoms with Gasteiger partial charge in [0.15, 0.2) is 0 Å². The summed E-state index contributed by atoms with van der Waals surface area (Å²) in [5.74, 6) is 0.736. The maximum Gasteiger partial charge on any atom is 0.211 e. The molecule has 0 amide bonds. The van der Waals surface area contributed by atoms with Crippen LogP contribution < -0.4 is 0 Å². The molecule has 0 spiro atoms. The van der Waals surface area contributed by atoms with Crippen LogP contribution in [0.5, 0.6) is 0 Å². The summed E-state index contributed by atoms with van der Waals surface area (Å²) in [6, 6.07) is 10.2. The smallest absolute Gasteiger partial charge is 0.211 e. The van der Waals surface area contributed by atoms with E-state index in [1.807, 2.05) is 18.2 Å². The van der Waals surface area contributed by atoms with Crippen molar-refractivity contribution in [3.05, 3.63) is 35.9 Å². The van der Waals surface area contributed by atoms with Gasteiger partial charge in [-0.2, -0.15) is 0 Å². The molecule has 116 valence electrons. The summed E-state index contributed by atoms with van der Waals surface area (Å²) in [5.41, 5.74) is 1.25. The number of aldehydes is 1. The van der Waals surface area contributed by atoms with Crippen LogP contribution in [-0.4, -0.2) is 38.4 Å². The monoisotopic (exact) mass is 309 g/mol. The minimum absolute atomic E-state index is 0.312. The highest BCUT2D eigenvalue weighted by atomic mass is 32.2. The first-order valence-corrected chi connectivity index (χ1v) is 9.28. The summed E-state index contributed by atoms with van der Waals surface area (Å²) in [6.07, 6.45) is 5.40. The van der Waals surface area contributed by atoms with Gasteiger partial charge in [0, 0.05) is 19.5 Å². The van der Waals surface area contributed by atoms with E-state index in [1.54, 1.807) is 4.31 Å². The zero-order valence-corrected chi connectivity index (χ0v) is 13.3. The second-order valence-electron chi connectivity index (χ2n) is 5.85. The molecule has 4 nitrogen and oxygen atoms in total. The Morgan fingerprint density at radius 1 is 1.24 bits per heavy atom.